The molecule has 4 nitrogen and oxygen atoms in total. The van der Waals surface area contributed by atoms with Crippen molar-refractivity contribution in [1.29, 1.82) is 0 Å². The number of hydrogen-bond acceptors (Lipinski definition) is 3. The summed E-state index contributed by atoms with van der Waals surface area (Å²) in [6.07, 6.45) is 0. The minimum atomic E-state index is -0.161. The van der Waals surface area contributed by atoms with Crippen molar-refractivity contribution < 1.29 is 5.11 Å². The van der Waals surface area contributed by atoms with E-state index in [2.05, 4.69) is 204 Å². The lowest BCUT2D eigenvalue weighted by molar-refractivity contribution is 0.475. The summed E-state index contributed by atoms with van der Waals surface area (Å²) in [7, 11) is 0. The van der Waals surface area contributed by atoms with Gasteiger partial charge in [0, 0.05) is 34.1 Å². The lowest BCUT2D eigenvalue weighted by Gasteiger charge is -2.42. The summed E-state index contributed by atoms with van der Waals surface area (Å²) in [5.74, 6) is 1.31. The Balaban J connectivity index is 1.07. The highest BCUT2D eigenvalue weighted by Crippen LogP contribution is 2.57. The van der Waals surface area contributed by atoms with Crippen molar-refractivity contribution in [1.82, 2.24) is 14.5 Å². The zero-order valence-corrected chi connectivity index (χ0v) is 36.1. The quantitative estimate of drug-likeness (QED) is 0.189. The number of imidazole rings is 1. The van der Waals surface area contributed by atoms with Gasteiger partial charge in [-0.25, -0.2) is 9.97 Å². The normalized spacial score (nSPS) is 15.3. The standard InChI is InChI=1S/C58H49N3O/c1-57(2,3)38-27-28-51(44(32-38)35-17-8-7-9-18-35)61-52-26-15-14-23-50(52)60-56(61)37-29-36(30-39(31-37)58(4,5)6)48-24-16-25-49(59-48)47-33-45-46(34-53(47)62)55-42-21-12-10-19-40(42)54(45)41-20-11-13-22-43(41)55/h7-34,54-55,62H,1-6H3. The number of nitrogens with zero attached hydrogens (tertiary/aromatic N) is 3. The molecular weight excluding hydrogens is 755 g/mol. The first-order chi connectivity index (χ1) is 29.9. The van der Waals surface area contributed by atoms with Crippen molar-refractivity contribution in [2.24, 2.45) is 0 Å². The van der Waals surface area contributed by atoms with Crippen molar-refractivity contribution in [3.05, 3.63) is 214 Å². The number of phenols is 1. The Bertz CT molecular complexity index is 3180. The van der Waals surface area contributed by atoms with Crippen LogP contribution in [0.15, 0.2) is 170 Å². The fourth-order valence-electron chi connectivity index (χ4n) is 10.00. The number of hydrogen-bond donors (Lipinski definition) is 1. The maximum Gasteiger partial charge on any atom is 0.145 e. The number of aromatic hydroxyl groups is 1. The molecule has 302 valence electrons. The van der Waals surface area contributed by atoms with Gasteiger partial charge in [-0.1, -0.05) is 145 Å². The molecule has 4 heteroatoms. The van der Waals surface area contributed by atoms with Crippen LogP contribution in [0.4, 0.5) is 0 Å². The van der Waals surface area contributed by atoms with Gasteiger partial charge in [-0.05, 0) is 128 Å². The van der Waals surface area contributed by atoms with Crippen molar-refractivity contribution >= 4 is 11.0 Å². The molecule has 2 bridgehead atoms. The van der Waals surface area contributed by atoms with Crippen LogP contribution in [-0.4, -0.2) is 19.6 Å². The fraction of sp³-hybridized carbons (Fsp3) is 0.172. The van der Waals surface area contributed by atoms with Crippen molar-refractivity contribution in [2.45, 2.75) is 64.2 Å². The molecule has 0 amide bonds. The number of rotatable bonds is 5. The van der Waals surface area contributed by atoms with E-state index in [1.165, 1.54) is 44.5 Å². The predicted octanol–water partition coefficient (Wildman–Crippen LogP) is 14.4. The lowest BCUT2D eigenvalue weighted by Crippen LogP contribution is -2.27. The van der Waals surface area contributed by atoms with Crippen molar-refractivity contribution in [3.8, 4) is 56.5 Å². The highest BCUT2D eigenvalue weighted by molar-refractivity contribution is 5.88. The van der Waals surface area contributed by atoms with E-state index >= 15 is 0 Å². The molecule has 0 spiro atoms. The molecule has 1 N–H and O–H groups in total. The molecule has 3 aliphatic rings. The molecule has 0 fully saturated rings. The monoisotopic (exact) mass is 803 g/mol. The molecule has 0 saturated heterocycles. The molecule has 62 heavy (non-hydrogen) atoms. The Morgan fingerprint density at radius 3 is 1.68 bits per heavy atom. The van der Waals surface area contributed by atoms with E-state index < -0.39 is 0 Å². The van der Waals surface area contributed by atoms with Crippen molar-refractivity contribution in [2.75, 3.05) is 0 Å². The van der Waals surface area contributed by atoms with Gasteiger partial charge in [0.25, 0.3) is 0 Å². The van der Waals surface area contributed by atoms with Crippen molar-refractivity contribution in [3.63, 3.8) is 0 Å². The van der Waals surface area contributed by atoms with Crippen LogP contribution < -0.4 is 0 Å². The predicted molar refractivity (Wildman–Crippen MR) is 254 cm³/mol. The third kappa shape index (κ3) is 6.11. The van der Waals surface area contributed by atoms with E-state index in [9.17, 15) is 5.11 Å². The first-order valence-corrected chi connectivity index (χ1v) is 21.8. The zero-order valence-electron chi connectivity index (χ0n) is 36.1. The van der Waals surface area contributed by atoms with Gasteiger partial charge >= 0.3 is 0 Å². The molecule has 12 rings (SSSR count). The zero-order chi connectivity index (χ0) is 42.5. The minimum absolute atomic E-state index is 0.0221. The fourth-order valence-corrected chi connectivity index (χ4v) is 10.00. The van der Waals surface area contributed by atoms with Gasteiger partial charge in [0.05, 0.1) is 28.1 Å². The molecule has 2 aromatic heterocycles. The van der Waals surface area contributed by atoms with Crippen LogP contribution in [-0.2, 0) is 10.8 Å². The summed E-state index contributed by atoms with van der Waals surface area (Å²) < 4.78 is 2.34. The van der Waals surface area contributed by atoms with Crippen LogP contribution in [0, 0.1) is 0 Å². The van der Waals surface area contributed by atoms with Crippen LogP contribution in [0.1, 0.15) is 97.9 Å². The number of benzene rings is 7. The van der Waals surface area contributed by atoms with Crippen LogP contribution in [0.3, 0.4) is 0 Å². The number of para-hydroxylation sites is 2. The van der Waals surface area contributed by atoms with E-state index in [1.54, 1.807) is 0 Å². The summed E-state index contributed by atoms with van der Waals surface area (Å²) in [5.41, 5.74) is 19.8. The lowest BCUT2D eigenvalue weighted by atomic mass is 9.61. The van der Waals surface area contributed by atoms with E-state index in [4.69, 9.17) is 9.97 Å². The Kier molecular flexibility index (Phi) is 8.57. The smallest absolute Gasteiger partial charge is 0.145 e. The molecule has 0 saturated carbocycles. The number of pyridine rings is 1. The summed E-state index contributed by atoms with van der Waals surface area (Å²) in [6.45, 7) is 13.6. The molecule has 2 heterocycles. The SMILES string of the molecule is CC(C)(C)c1cc(-c2cccc(-c3cc4c(cc3O)C3c5ccccc5C4c4ccccc43)n2)cc(-c2nc3ccccc3n2-c2ccc(C(C)(C)C)cc2-c2ccccc2)c1. The topological polar surface area (TPSA) is 50.9 Å². The van der Waals surface area contributed by atoms with Gasteiger partial charge in [-0.2, -0.15) is 0 Å². The minimum Gasteiger partial charge on any atom is -0.507 e. The second-order valence-corrected chi connectivity index (χ2v) is 19.2. The average molecular weight is 804 g/mol. The Labute approximate surface area is 364 Å². The Morgan fingerprint density at radius 1 is 0.435 bits per heavy atom. The van der Waals surface area contributed by atoms with Gasteiger partial charge in [0.2, 0.25) is 0 Å². The van der Waals surface area contributed by atoms with Gasteiger partial charge in [-0.15, -0.1) is 0 Å². The molecular formula is C58H49N3O. The number of aromatic nitrogens is 3. The van der Waals surface area contributed by atoms with E-state index in [0.717, 1.165) is 61.8 Å². The summed E-state index contributed by atoms with van der Waals surface area (Å²) in [5, 5.41) is 11.9. The van der Waals surface area contributed by atoms with Gasteiger partial charge in [0.1, 0.15) is 11.6 Å². The molecule has 0 aliphatic heterocycles. The van der Waals surface area contributed by atoms with Gasteiger partial charge in [0.15, 0.2) is 0 Å². The highest BCUT2D eigenvalue weighted by atomic mass is 16.3. The molecule has 0 unspecified atom stereocenters. The van der Waals surface area contributed by atoms with Gasteiger partial charge < -0.3 is 5.11 Å². The summed E-state index contributed by atoms with van der Waals surface area (Å²) in [6, 6.07) is 60.8. The van der Waals surface area contributed by atoms with Crippen LogP contribution in [0.2, 0.25) is 0 Å². The third-order valence-electron chi connectivity index (χ3n) is 13.2. The third-order valence-corrected chi connectivity index (χ3v) is 13.2. The second-order valence-electron chi connectivity index (χ2n) is 19.2. The Hall–Kier alpha value is -7.04. The molecule has 0 radical (unpaired) electrons. The van der Waals surface area contributed by atoms with Crippen LogP contribution >= 0.6 is 0 Å². The number of phenolic OH excluding ortho intramolecular Hbond substituents is 1. The van der Waals surface area contributed by atoms with Crippen LogP contribution in [0.25, 0.3) is 61.8 Å². The Morgan fingerprint density at radius 2 is 1.02 bits per heavy atom. The molecule has 3 aliphatic carbocycles. The second kappa shape index (κ2) is 14.0. The maximum atomic E-state index is 11.9. The molecule has 0 atom stereocenters. The molecule has 9 aromatic rings. The molecule has 7 aromatic carbocycles. The summed E-state index contributed by atoms with van der Waals surface area (Å²) >= 11 is 0. The maximum absolute atomic E-state index is 11.9. The van der Waals surface area contributed by atoms with Crippen LogP contribution in [0.5, 0.6) is 5.75 Å². The average Bonchev–Trinajstić information content (AvgIpc) is 3.67. The van der Waals surface area contributed by atoms with E-state index in [1.807, 2.05) is 12.1 Å². The highest BCUT2D eigenvalue weighted by Gasteiger charge is 2.41. The number of fused-ring (bicyclic) bond motifs is 1. The van der Waals surface area contributed by atoms with E-state index in [0.29, 0.717) is 0 Å². The van der Waals surface area contributed by atoms with E-state index in [-0.39, 0.29) is 28.4 Å². The first-order valence-electron chi connectivity index (χ1n) is 21.8. The first kappa shape index (κ1) is 37.9. The largest absolute Gasteiger partial charge is 0.507 e. The summed E-state index contributed by atoms with van der Waals surface area (Å²) in [4.78, 5) is 10.8. The van der Waals surface area contributed by atoms with Gasteiger partial charge in [-0.3, -0.25) is 4.57 Å².